The van der Waals surface area contributed by atoms with Gasteiger partial charge in [0.05, 0.1) is 11.1 Å². The molecule has 120 valence electrons. The van der Waals surface area contributed by atoms with Crippen molar-refractivity contribution in [3.05, 3.63) is 46.8 Å². The zero-order valence-electron chi connectivity index (χ0n) is 13.7. The van der Waals surface area contributed by atoms with Crippen LogP contribution < -0.4 is 4.72 Å². The highest BCUT2D eigenvalue weighted by molar-refractivity contribution is 7.89. The number of sulfonamides is 1. The van der Waals surface area contributed by atoms with E-state index in [1.165, 1.54) is 0 Å². The highest BCUT2D eigenvalue weighted by Crippen LogP contribution is 2.22. The summed E-state index contributed by atoms with van der Waals surface area (Å²) >= 11 is 0. The van der Waals surface area contributed by atoms with Crippen molar-refractivity contribution in [1.29, 1.82) is 0 Å². The summed E-state index contributed by atoms with van der Waals surface area (Å²) in [4.78, 5) is 0.325. The highest BCUT2D eigenvalue weighted by atomic mass is 32.2. The second kappa shape index (κ2) is 6.22. The van der Waals surface area contributed by atoms with Crippen molar-refractivity contribution in [1.82, 2.24) is 14.5 Å². The van der Waals surface area contributed by atoms with E-state index in [1.54, 1.807) is 12.3 Å². The van der Waals surface area contributed by atoms with E-state index in [0.29, 0.717) is 4.90 Å². The normalized spacial score (nSPS) is 13.3. The van der Waals surface area contributed by atoms with Gasteiger partial charge in [0.2, 0.25) is 10.0 Å². The molecular formula is C16H23N3O2S. The lowest BCUT2D eigenvalue weighted by Crippen LogP contribution is -2.27. The topological polar surface area (TPSA) is 64.0 Å². The molecule has 0 fully saturated rings. The maximum atomic E-state index is 12.6. The van der Waals surface area contributed by atoms with E-state index < -0.39 is 10.0 Å². The van der Waals surface area contributed by atoms with Crippen molar-refractivity contribution in [2.75, 3.05) is 0 Å². The van der Waals surface area contributed by atoms with Gasteiger partial charge in [-0.05, 0) is 46.2 Å². The molecule has 6 heteroatoms. The fourth-order valence-electron chi connectivity index (χ4n) is 2.67. The standard InChI is InChI=1S/C16H23N3O2S/c1-6-19-14(5)15(10-17-19)13(4)18-22(20,21)16-8-7-11(2)9-12(16)3/h7-10,13,18H,6H2,1-5H3. The molecular weight excluding hydrogens is 298 g/mol. The Balaban J connectivity index is 2.29. The summed E-state index contributed by atoms with van der Waals surface area (Å²) in [6.45, 7) is 10.3. The van der Waals surface area contributed by atoms with Crippen LogP contribution in [0.2, 0.25) is 0 Å². The summed E-state index contributed by atoms with van der Waals surface area (Å²) in [5.74, 6) is 0. The maximum absolute atomic E-state index is 12.6. The Bertz CT molecular complexity index is 779. The molecule has 0 bridgehead atoms. The van der Waals surface area contributed by atoms with Gasteiger partial charge in [0.15, 0.2) is 0 Å². The summed E-state index contributed by atoms with van der Waals surface area (Å²) in [5.41, 5.74) is 3.68. The molecule has 1 aromatic carbocycles. The summed E-state index contributed by atoms with van der Waals surface area (Å²) in [5, 5.41) is 4.27. The molecule has 2 rings (SSSR count). The third-order valence-electron chi connectivity index (χ3n) is 3.86. The Hall–Kier alpha value is -1.66. The van der Waals surface area contributed by atoms with Crippen molar-refractivity contribution in [2.24, 2.45) is 0 Å². The van der Waals surface area contributed by atoms with Crippen LogP contribution in [0.15, 0.2) is 29.3 Å². The lowest BCUT2D eigenvalue weighted by molar-refractivity contribution is 0.565. The van der Waals surface area contributed by atoms with Crippen LogP contribution in [-0.4, -0.2) is 18.2 Å². The van der Waals surface area contributed by atoms with E-state index >= 15 is 0 Å². The van der Waals surface area contributed by atoms with Crippen LogP contribution in [-0.2, 0) is 16.6 Å². The Morgan fingerprint density at radius 3 is 2.50 bits per heavy atom. The van der Waals surface area contributed by atoms with Crippen molar-refractivity contribution >= 4 is 10.0 Å². The minimum atomic E-state index is -3.56. The first-order chi connectivity index (χ1) is 10.3. The third kappa shape index (κ3) is 3.23. The first-order valence-corrected chi connectivity index (χ1v) is 8.86. The van der Waals surface area contributed by atoms with Crippen molar-refractivity contribution < 1.29 is 8.42 Å². The van der Waals surface area contributed by atoms with Gasteiger partial charge in [-0.2, -0.15) is 5.10 Å². The molecule has 0 aliphatic heterocycles. The summed E-state index contributed by atoms with van der Waals surface area (Å²) < 4.78 is 29.8. The lowest BCUT2D eigenvalue weighted by atomic mass is 10.1. The molecule has 0 radical (unpaired) electrons. The van der Waals surface area contributed by atoms with Crippen LogP contribution in [0.25, 0.3) is 0 Å². The molecule has 5 nitrogen and oxygen atoms in total. The number of nitrogens with zero attached hydrogens (tertiary/aromatic N) is 2. The minimum absolute atomic E-state index is 0.325. The first-order valence-electron chi connectivity index (χ1n) is 7.38. The van der Waals surface area contributed by atoms with Crippen LogP contribution in [0.5, 0.6) is 0 Å². The zero-order chi connectivity index (χ0) is 16.5. The molecule has 1 heterocycles. The fraction of sp³-hybridized carbons (Fsp3) is 0.438. The molecule has 2 aromatic rings. The van der Waals surface area contributed by atoms with Crippen LogP contribution >= 0.6 is 0 Å². The number of nitrogens with one attached hydrogen (secondary N) is 1. The molecule has 0 saturated carbocycles. The zero-order valence-corrected chi connectivity index (χ0v) is 14.5. The van der Waals surface area contributed by atoms with Crippen LogP contribution in [0.3, 0.4) is 0 Å². The molecule has 0 saturated heterocycles. The number of benzene rings is 1. The van der Waals surface area contributed by atoms with Gasteiger partial charge in [-0.1, -0.05) is 17.7 Å². The molecule has 1 aromatic heterocycles. The van der Waals surface area contributed by atoms with Gasteiger partial charge in [-0.15, -0.1) is 0 Å². The highest BCUT2D eigenvalue weighted by Gasteiger charge is 2.22. The SMILES string of the molecule is CCn1ncc(C(C)NS(=O)(=O)c2ccc(C)cc2C)c1C. The first kappa shape index (κ1) is 16.7. The summed E-state index contributed by atoms with van der Waals surface area (Å²) in [7, 11) is -3.56. The molecule has 1 atom stereocenters. The van der Waals surface area contributed by atoms with E-state index in [-0.39, 0.29) is 6.04 Å². The van der Waals surface area contributed by atoms with Crippen LogP contribution in [0.1, 0.15) is 42.3 Å². The van der Waals surface area contributed by atoms with Gasteiger partial charge in [0.1, 0.15) is 0 Å². The number of aryl methyl sites for hydroxylation is 3. The van der Waals surface area contributed by atoms with Gasteiger partial charge in [-0.3, -0.25) is 4.68 Å². The summed E-state index contributed by atoms with van der Waals surface area (Å²) in [6.07, 6.45) is 1.73. The number of hydrogen-bond acceptors (Lipinski definition) is 3. The Kier molecular flexibility index (Phi) is 4.72. The third-order valence-corrected chi connectivity index (χ3v) is 5.56. The van der Waals surface area contributed by atoms with Gasteiger partial charge in [0, 0.05) is 23.8 Å². The second-order valence-corrected chi connectivity index (χ2v) is 7.30. The van der Waals surface area contributed by atoms with Crippen LogP contribution in [0, 0.1) is 20.8 Å². The van der Waals surface area contributed by atoms with Gasteiger partial charge in [0.25, 0.3) is 0 Å². The average Bonchev–Trinajstić information content (AvgIpc) is 2.78. The van der Waals surface area contributed by atoms with Gasteiger partial charge < -0.3 is 0 Å². The molecule has 0 spiro atoms. The van der Waals surface area contributed by atoms with Gasteiger partial charge in [-0.25, -0.2) is 13.1 Å². The van der Waals surface area contributed by atoms with Crippen molar-refractivity contribution in [3.63, 3.8) is 0 Å². The van der Waals surface area contributed by atoms with E-state index in [0.717, 1.165) is 28.9 Å². The predicted octanol–water partition coefficient (Wildman–Crippen LogP) is 2.87. The van der Waals surface area contributed by atoms with Gasteiger partial charge >= 0.3 is 0 Å². The lowest BCUT2D eigenvalue weighted by Gasteiger charge is -2.16. The van der Waals surface area contributed by atoms with Crippen LogP contribution in [0.4, 0.5) is 0 Å². The maximum Gasteiger partial charge on any atom is 0.241 e. The largest absolute Gasteiger partial charge is 0.270 e. The average molecular weight is 321 g/mol. The van der Waals surface area contributed by atoms with Crippen molar-refractivity contribution in [2.45, 2.75) is 52.1 Å². The monoisotopic (exact) mass is 321 g/mol. The number of aromatic nitrogens is 2. The molecule has 22 heavy (non-hydrogen) atoms. The minimum Gasteiger partial charge on any atom is -0.270 e. The smallest absolute Gasteiger partial charge is 0.241 e. The van der Waals surface area contributed by atoms with E-state index in [9.17, 15) is 8.42 Å². The van der Waals surface area contributed by atoms with Crippen molar-refractivity contribution in [3.8, 4) is 0 Å². The molecule has 1 unspecified atom stereocenters. The molecule has 0 aliphatic carbocycles. The Labute approximate surface area is 132 Å². The molecule has 0 aliphatic rings. The molecule has 0 amide bonds. The predicted molar refractivity (Wildman–Crippen MR) is 87.3 cm³/mol. The Morgan fingerprint density at radius 2 is 1.95 bits per heavy atom. The fourth-order valence-corrected chi connectivity index (χ4v) is 4.11. The number of rotatable bonds is 5. The van der Waals surface area contributed by atoms with E-state index in [4.69, 9.17) is 0 Å². The second-order valence-electron chi connectivity index (χ2n) is 5.61. The van der Waals surface area contributed by atoms with E-state index in [1.807, 2.05) is 51.4 Å². The number of hydrogen-bond donors (Lipinski definition) is 1. The quantitative estimate of drug-likeness (QED) is 0.921. The van der Waals surface area contributed by atoms with E-state index in [2.05, 4.69) is 9.82 Å². The summed E-state index contributed by atoms with van der Waals surface area (Å²) in [6, 6.07) is 5.01. The molecule has 1 N–H and O–H groups in total. The Morgan fingerprint density at radius 1 is 1.27 bits per heavy atom.